The highest BCUT2D eigenvalue weighted by atomic mass is 16.5. The number of hydrogen-bond donors (Lipinski definition) is 1. The van der Waals surface area contributed by atoms with Crippen molar-refractivity contribution in [2.24, 2.45) is 0 Å². The minimum atomic E-state index is -0.933. The van der Waals surface area contributed by atoms with Crippen LogP contribution in [0.25, 0.3) is 17.0 Å². The Morgan fingerprint density at radius 2 is 1.87 bits per heavy atom. The molecule has 1 heterocycles. The normalized spacial score (nSPS) is 11.5. The van der Waals surface area contributed by atoms with Gasteiger partial charge in [-0.1, -0.05) is 31.5 Å². The van der Waals surface area contributed by atoms with Crippen molar-refractivity contribution in [3.05, 3.63) is 70.4 Å². The van der Waals surface area contributed by atoms with Gasteiger partial charge in [0.15, 0.2) is 0 Å². The number of benzene rings is 2. The molecule has 162 valence electrons. The molecule has 0 saturated carbocycles. The quantitative estimate of drug-likeness (QED) is 0.412. The third-order valence-corrected chi connectivity index (χ3v) is 5.28. The number of ether oxygens (including phenoxy) is 2. The van der Waals surface area contributed by atoms with Crippen LogP contribution in [-0.4, -0.2) is 35.8 Å². The summed E-state index contributed by atoms with van der Waals surface area (Å²) in [5.41, 5.74) is 4.75. The summed E-state index contributed by atoms with van der Waals surface area (Å²) < 4.78 is 12.5. The molecular weight excluding hydrogens is 394 g/mol. The molecule has 2 aromatic carbocycles. The molecule has 0 aliphatic carbocycles. The van der Waals surface area contributed by atoms with Gasteiger partial charge in [0.25, 0.3) is 0 Å². The van der Waals surface area contributed by atoms with E-state index < -0.39 is 11.9 Å². The van der Waals surface area contributed by atoms with Crippen LogP contribution in [0.4, 0.5) is 0 Å². The fourth-order valence-electron chi connectivity index (χ4n) is 3.69. The fourth-order valence-corrected chi connectivity index (χ4v) is 3.69. The van der Waals surface area contributed by atoms with E-state index in [0.29, 0.717) is 17.9 Å². The molecule has 0 fully saturated rings. The van der Waals surface area contributed by atoms with Crippen molar-refractivity contribution in [2.45, 2.75) is 33.2 Å². The average molecular weight is 421 g/mol. The number of carbonyl (C=O) groups excluding carboxylic acids is 1. The van der Waals surface area contributed by atoms with Gasteiger partial charge in [0.05, 0.1) is 26.3 Å². The van der Waals surface area contributed by atoms with Crippen LogP contribution < -0.4 is 4.74 Å². The standard InChI is InChI=1S/C25H27NO5/c1-5-6-19-14-26(15-20-9-8-18(25(29)31-4)13-23(20)30-3)22-12-17(7-10-21(19)22)11-16(2)24(27)28/h7-14H,5-6,15H2,1-4H3,(H,27,28)/b16-11+. The van der Waals surface area contributed by atoms with E-state index in [-0.39, 0.29) is 5.57 Å². The van der Waals surface area contributed by atoms with Crippen molar-refractivity contribution in [3.63, 3.8) is 0 Å². The summed E-state index contributed by atoms with van der Waals surface area (Å²) in [5, 5.41) is 10.3. The lowest BCUT2D eigenvalue weighted by Gasteiger charge is -2.12. The zero-order valence-electron chi connectivity index (χ0n) is 18.3. The monoisotopic (exact) mass is 421 g/mol. The average Bonchev–Trinajstić information content (AvgIpc) is 3.10. The summed E-state index contributed by atoms with van der Waals surface area (Å²) in [5.74, 6) is -0.733. The number of esters is 1. The van der Waals surface area contributed by atoms with Crippen molar-refractivity contribution >= 4 is 28.9 Å². The van der Waals surface area contributed by atoms with Crippen molar-refractivity contribution < 1.29 is 24.2 Å². The highest BCUT2D eigenvalue weighted by molar-refractivity contribution is 5.93. The predicted octanol–water partition coefficient (Wildman–Crippen LogP) is 4.93. The summed E-state index contributed by atoms with van der Waals surface area (Å²) in [4.78, 5) is 23.1. The third-order valence-electron chi connectivity index (χ3n) is 5.28. The lowest BCUT2D eigenvalue weighted by Crippen LogP contribution is -2.05. The maximum atomic E-state index is 11.8. The zero-order valence-corrected chi connectivity index (χ0v) is 18.3. The number of aryl methyl sites for hydroxylation is 1. The van der Waals surface area contributed by atoms with Gasteiger partial charge in [-0.15, -0.1) is 0 Å². The van der Waals surface area contributed by atoms with Crippen LogP contribution in [0.1, 0.15) is 47.3 Å². The number of fused-ring (bicyclic) bond motifs is 1. The van der Waals surface area contributed by atoms with E-state index in [1.54, 1.807) is 32.2 Å². The first-order valence-corrected chi connectivity index (χ1v) is 10.2. The van der Waals surface area contributed by atoms with Crippen molar-refractivity contribution in [3.8, 4) is 5.75 Å². The molecule has 3 aromatic rings. The lowest BCUT2D eigenvalue weighted by atomic mass is 10.1. The molecule has 0 radical (unpaired) electrons. The Morgan fingerprint density at radius 1 is 1.10 bits per heavy atom. The number of nitrogens with zero attached hydrogens (tertiary/aromatic N) is 1. The van der Waals surface area contributed by atoms with Gasteiger partial charge < -0.3 is 19.1 Å². The molecule has 0 amide bonds. The number of aliphatic carboxylic acids is 1. The maximum Gasteiger partial charge on any atom is 0.337 e. The number of methoxy groups -OCH3 is 2. The maximum absolute atomic E-state index is 11.8. The second-order valence-electron chi connectivity index (χ2n) is 7.46. The van der Waals surface area contributed by atoms with Crippen LogP contribution in [0.3, 0.4) is 0 Å². The first-order valence-electron chi connectivity index (χ1n) is 10.2. The molecule has 6 heteroatoms. The van der Waals surface area contributed by atoms with E-state index >= 15 is 0 Å². The van der Waals surface area contributed by atoms with Gasteiger partial charge in [0.2, 0.25) is 0 Å². The van der Waals surface area contributed by atoms with Gasteiger partial charge in [-0.3, -0.25) is 0 Å². The summed E-state index contributed by atoms with van der Waals surface area (Å²) in [6.45, 7) is 4.28. The summed E-state index contributed by atoms with van der Waals surface area (Å²) >= 11 is 0. The van der Waals surface area contributed by atoms with Gasteiger partial charge in [-0.2, -0.15) is 0 Å². The first-order chi connectivity index (χ1) is 14.9. The molecule has 0 unspecified atom stereocenters. The second-order valence-corrected chi connectivity index (χ2v) is 7.46. The molecule has 0 bridgehead atoms. The Labute approximate surface area is 181 Å². The van der Waals surface area contributed by atoms with E-state index in [2.05, 4.69) is 23.8 Å². The Balaban J connectivity index is 2.07. The molecule has 6 nitrogen and oxygen atoms in total. The van der Waals surface area contributed by atoms with Gasteiger partial charge in [0.1, 0.15) is 5.75 Å². The number of rotatable bonds is 8. The smallest absolute Gasteiger partial charge is 0.337 e. The summed E-state index contributed by atoms with van der Waals surface area (Å²) in [6.07, 6.45) is 5.78. The van der Waals surface area contributed by atoms with E-state index in [9.17, 15) is 14.7 Å². The molecule has 1 N–H and O–H groups in total. The minimum Gasteiger partial charge on any atom is -0.496 e. The van der Waals surface area contributed by atoms with Gasteiger partial charge in [-0.05, 0) is 48.7 Å². The van der Waals surface area contributed by atoms with E-state index in [4.69, 9.17) is 9.47 Å². The molecule has 0 saturated heterocycles. The molecular formula is C25H27NO5. The van der Waals surface area contributed by atoms with Crippen LogP contribution >= 0.6 is 0 Å². The molecule has 31 heavy (non-hydrogen) atoms. The summed E-state index contributed by atoms with van der Waals surface area (Å²) in [6, 6.07) is 11.3. The van der Waals surface area contributed by atoms with Crippen LogP contribution in [-0.2, 0) is 22.5 Å². The van der Waals surface area contributed by atoms with Crippen molar-refractivity contribution in [2.75, 3.05) is 14.2 Å². The fraction of sp³-hybridized carbons (Fsp3) is 0.280. The van der Waals surface area contributed by atoms with Gasteiger partial charge in [0, 0.05) is 28.2 Å². The SMILES string of the molecule is CCCc1cn(Cc2ccc(C(=O)OC)cc2OC)c2cc(/C=C(\C)C(=O)O)ccc12. The third kappa shape index (κ3) is 4.79. The Hall–Kier alpha value is -3.54. The van der Waals surface area contributed by atoms with Crippen LogP contribution in [0.15, 0.2) is 48.2 Å². The number of carbonyl (C=O) groups is 2. The highest BCUT2D eigenvalue weighted by Crippen LogP contribution is 2.28. The van der Waals surface area contributed by atoms with Gasteiger partial charge in [-0.25, -0.2) is 9.59 Å². The molecule has 3 rings (SSSR count). The molecule has 0 atom stereocenters. The van der Waals surface area contributed by atoms with E-state index in [0.717, 1.165) is 34.9 Å². The number of aromatic nitrogens is 1. The summed E-state index contributed by atoms with van der Waals surface area (Å²) in [7, 11) is 2.93. The predicted molar refractivity (Wildman–Crippen MR) is 121 cm³/mol. The highest BCUT2D eigenvalue weighted by Gasteiger charge is 2.14. The number of carboxylic acids is 1. The van der Waals surface area contributed by atoms with E-state index in [1.165, 1.54) is 12.7 Å². The number of carboxylic acid groups (broad SMARTS) is 1. The Kier molecular flexibility index (Phi) is 6.80. The second kappa shape index (κ2) is 9.51. The molecule has 0 aliphatic heterocycles. The molecule has 0 aliphatic rings. The minimum absolute atomic E-state index is 0.284. The van der Waals surface area contributed by atoms with Crippen LogP contribution in [0, 0.1) is 0 Å². The Bertz CT molecular complexity index is 1160. The Morgan fingerprint density at radius 3 is 2.52 bits per heavy atom. The van der Waals surface area contributed by atoms with E-state index in [1.807, 2.05) is 18.2 Å². The molecule has 1 aromatic heterocycles. The lowest BCUT2D eigenvalue weighted by molar-refractivity contribution is -0.132. The topological polar surface area (TPSA) is 77.8 Å². The molecule has 0 spiro atoms. The van der Waals surface area contributed by atoms with Crippen molar-refractivity contribution in [1.82, 2.24) is 4.57 Å². The van der Waals surface area contributed by atoms with Crippen LogP contribution in [0.5, 0.6) is 5.75 Å². The van der Waals surface area contributed by atoms with Gasteiger partial charge >= 0.3 is 11.9 Å². The first kappa shape index (κ1) is 22.2. The zero-order chi connectivity index (χ0) is 22.5. The largest absolute Gasteiger partial charge is 0.496 e. The number of hydrogen-bond acceptors (Lipinski definition) is 4. The van der Waals surface area contributed by atoms with Crippen molar-refractivity contribution in [1.29, 1.82) is 0 Å². The van der Waals surface area contributed by atoms with Crippen LogP contribution in [0.2, 0.25) is 0 Å².